The van der Waals surface area contributed by atoms with E-state index in [9.17, 15) is 18.5 Å². The van der Waals surface area contributed by atoms with Crippen LogP contribution in [0.4, 0.5) is 11.4 Å². The maximum absolute atomic E-state index is 11.0. The minimum absolute atomic E-state index is 0.301. The fourth-order valence-electron chi connectivity index (χ4n) is 0.944. The number of nitrogen functional groups attached to an aromatic ring is 1. The molecule has 15 heavy (non-hydrogen) atoms. The molecule has 0 spiro atoms. The van der Waals surface area contributed by atoms with Crippen molar-refractivity contribution in [1.29, 1.82) is 0 Å². The normalized spacial score (nSPS) is 11.3. The second-order valence-corrected chi connectivity index (χ2v) is 4.21. The van der Waals surface area contributed by atoms with Crippen LogP contribution in [-0.4, -0.2) is 18.4 Å². The highest BCUT2D eigenvalue weighted by atomic mass is 32.2. The molecule has 0 saturated heterocycles. The first-order valence-corrected chi connectivity index (χ1v) is 5.08. The number of nitrogens with two attached hydrogens (primary N) is 2. The number of nitrogens with zero attached hydrogens (tertiary/aromatic N) is 1. The van der Waals surface area contributed by atoms with E-state index in [2.05, 4.69) is 0 Å². The number of aromatic hydroxyl groups is 1. The zero-order chi connectivity index (χ0) is 11.8. The number of hydrogen-bond acceptors (Lipinski definition) is 6. The zero-order valence-electron chi connectivity index (χ0n) is 7.25. The third-order valence-corrected chi connectivity index (χ3v) is 2.55. The van der Waals surface area contributed by atoms with Gasteiger partial charge in [-0.25, -0.2) is 13.6 Å². The molecule has 5 N–H and O–H groups in total. The smallest absolute Gasteiger partial charge is 0.293 e. The van der Waals surface area contributed by atoms with Gasteiger partial charge in [-0.2, -0.15) is 0 Å². The van der Waals surface area contributed by atoms with Crippen molar-refractivity contribution < 1.29 is 18.4 Å². The molecule has 0 fully saturated rings. The molecule has 1 aromatic carbocycles. The van der Waals surface area contributed by atoms with Gasteiger partial charge in [-0.1, -0.05) is 0 Å². The summed E-state index contributed by atoms with van der Waals surface area (Å²) in [6, 6.07) is 1.37. The van der Waals surface area contributed by atoms with E-state index in [1.807, 2.05) is 0 Å². The molecule has 8 nitrogen and oxygen atoms in total. The van der Waals surface area contributed by atoms with Crippen LogP contribution in [0.5, 0.6) is 5.75 Å². The number of rotatable bonds is 2. The van der Waals surface area contributed by atoms with E-state index in [4.69, 9.17) is 16.0 Å². The van der Waals surface area contributed by atoms with Crippen LogP contribution < -0.4 is 10.9 Å². The number of phenolic OH excluding ortho intramolecular Hbond substituents is 1. The highest BCUT2D eigenvalue weighted by Gasteiger charge is 2.24. The van der Waals surface area contributed by atoms with Gasteiger partial charge in [-0.15, -0.1) is 0 Å². The fourth-order valence-corrected chi connectivity index (χ4v) is 1.66. The molecule has 0 unspecified atom stereocenters. The Hall–Kier alpha value is -1.87. The Balaban J connectivity index is 3.64. The molecule has 0 bridgehead atoms. The second kappa shape index (κ2) is 3.37. The van der Waals surface area contributed by atoms with Crippen molar-refractivity contribution in [2.45, 2.75) is 4.90 Å². The summed E-state index contributed by atoms with van der Waals surface area (Å²) in [5.41, 5.74) is 4.08. The van der Waals surface area contributed by atoms with Crippen molar-refractivity contribution in [3.63, 3.8) is 0 Å². The van der Waals surface area contributed by atoms with Crippen LogP contribution in [0.15, 0.2) is 17.0 Å². The lowest BCUT2D eigenvalue weighted by molar-refractivity contribution is -0.387. The van der Waals surface area contributed by atoms with Crippen LogP contribution in [0.1, 0.15) is 0 Å². The molecule has 0 aliphatic carbocycles. The molecule has 0 atom stereocenters. The molecule has 0 heterocycles. The molecule has 82 valence electrons. The summed E-state index contributed by atoms with van der Waals surface area (Å²) >= 11 is 0. The summed E-state index contributed by atoms with van der Waals surface area (Å²) < 4.78 is 21.9. The van der Waals surface area contributed by atoms with Crippen molar-refractivity contribution in [2.24, 2.45) is 5.14 Å². The number of anilines is 1. The van der Waals surface area contributed by atoms with Crippen molar-refractivity contribution in [2.75, 3.05) is 5.73 Å². The van der Waals surface area contributed by atoms with Crippen LogP contribution in [0, 0.1) is 10.1 Å². The third kappa shape index (κ3) is 2.14. The minimum atomic E-state index is -4.25. The molecular weight excluding hydrogens is 226 g/mol. The number of nitro groups is 1. The number of nitro benzene ring substituents is 1. The summed E-state index contributed by atoms with van der Waals surface area (Å²) in [5.74, 6) is -0.575. The van der Waals surface area contributed by atoms with E-state index >= 15 is 0 Å². The molecule has 1 rings (SSSR count). The van der Waals surface area contributed by atoms with Gasteiger partial charge in [-0.05, 0) is 6.07 Å². The van der Waals surface area contributed by atoms with Crippen molar-refractivity contribution in [3.05, 3.63) is 22.2 Å². The van der Waals surface area contributed by atoms with Crippen molar-refractivity contribution >= 4 is 21.4 Å². The first kappa shape index (κ1) is 11.2. The van der Waals surface area contributed by atoms with Gasteiger partial charge in [0.15, 0.2) is 4.90 Å². The first-order valence-electron chi connectivity index (χ1n) is 3.53. The molecule has 1 aromatic rings. The molecule has 0 aliphatic rings. The summed E-state index contributed by atoms with van der Waals surface area (Å²) in [6.07, 6.45) is 0. The van der Waals surface area contributed by atoms with Crippen molar-refractivity contribution in [1.82, 2.24) is 0 Å². The van der Waals surface area contributed by atoms with Gasteiger partial charge < -0.3 is 10.8 Å². The Kier molecular flexibility index (Phi) is 2.51. The molecular formula is C6H7N3O5S. The highest BCUT2D eigenvalue weighted by molar-refractivity contribution is 7.89. The zero-order valence-corrected chi connectivity index (χ0v) is 8.06. The van der Waals surface area contributed by atoms with Gasteiger partial charge in [0.25, 0.3) is 5.69 Å². The fraction of sp³-hybridized carbons (Fsp3) is 0. The van der Waals surface area contributed by atoms with Gasteiger partial charge in [0.2, 0.25) is 10.0 Å². The summed E-state index contributed by atoms with van der Waals surface area (Å²) in [6.45, 7) is 0. The molecule has 9 heteroatoms. The molecule has 0 saturated carbocycles. The maximum atomic E-state index is 11.0. The molecule has 0 radical (unpaired) electrons. The van der Waals surface area contributed by atoms with Gasteiger partial charge in [0, 0.05) is 0 Å². The average molecular weight is 233 g/mol. The number of hydrogen-bond donors (Lipinski definition) is 3. The Labute approximate surface area is 84.3 Å². The Bertz CT molecular complexity index is 524. The van der Waals surface area contributed by atoms with E-state index in [1.54, 1.807) is 0 Å². The quantitative estimate of drug-likeness (QED) is 0.272. The van der Waals surface area contributed by atoms with E-state index in [0.29, 0.717) is 6.07 Å². The number of sulfonamides is 1. The van der Waals surface area contributed by atoms with Crippen molar-refractivity contribution in [3.8, 4) is 5.75 Å². The van der Waals surface area contributed by atoms with Gasteiger partial charge in [0.05, 0.1) is 16.7 Å². The topological polar surface area (TPSA) is 150 Å². The first-order chi connectivity index (χ1) is 6.73. The monoisotopic (exact) mass is 233 g/mol. The highest BCUT2D eigenvalue weighted by Crippen LogP contribution is 2.31. The molecule has 0 aliphatic heterocycles. The van der Waals surface area contributed by atoms with Crippen LogP contribution in [0.3, 0.4) is 0 Å². The Morgan fingerprint density at radius 1 is 1.40 bits per heavy atom. The minimum Gasteiger partial charge on any atom is -0.506 e. The van der Waals surface area contributed by atoms with E-state index in [0.717, 1.165) is 6.07 Å². The summed E-state index contributed by atoms with van der Waals surface area (Å²) in [7, 11) is -4.25. The van der Waals surface area contributed by atoms with E-state index < -0.39 is 31.3 Å². The second-order valence-electron chi connectivity index (χ2n) is 2.68. The number of benzene rings is 1. The summed E-state index contributed by atoms with van der Waals surface area (Å²) in [5, 5.41) is 24.3. The standard InChI is InChI=1S/C6H7N3O5S/c7-3-1-6(15(8,13)14)4(9(11)12)2-5(3)10/h1-2,10H,7H2,(H2,8,13,14). The van der Waals surface area contributed by atoms with Crippen LogP contribution in [0.25, 0.3) is 0 Å². The lowest BCUT2D eigenvalue weighted by Gasteiger charge is -2.03. The maximum Gasteiger partial charge on any atom is 0.293 e. The van der Waals surface area contributed by atoms with Gasteiger partial charge in [0.1, 0.15) is 5.75 Å². The van der Waals surface area contributed by atoms with E-state index in [1.165, 1.54) is 0 Å². The van der Waals surface area contributed by atoms with Crippen LogP contribution >= 0.6 is 0 Å². The SMILES string of the molecule is Nc1cc(S(N)(=O)=O)c([N+](=O)[O-])cc1O. The lowest BCUT2D eigenvalue weighted by Crippen LogP contribution is -2.14. The molecule has 0 amide bonds. The van der Waals surface area contributed by atoms with Crippen LogP contribution in [-0.2, 0) is 10.0 Å². The average Bonchev–Trinajstić information content (AvgIpc) is 2.06. The number of primary sulfonamides is 1. The molecule has 0 aromatic heterocycles. The number of phenols is 1. The van der Waals surface area contributed by atoms with E-state index in [-0.39, 0.29) is 5.69 Å². The predicted octanol–water partition coefficient (Wildman–Crippen LogP) is -0.470. The lowest BCUT2D eigenvalue weighted by atomic mass is 10.2. The largest absolute Gasteiger partial charge is 0.506 e. The van der Waals surface area contributed by atoms with Crippen LogP contribution in [0.2, 0.25) is 0 Å². The van der Waals surface area contributed by atoms with Gasteiger partial charge in [-0.3, -0.25) is 10.1 Å². The van der Waals surface area contributed by atoms with Gasteiger partial charge >= 0.3 is 0 Å². The summed E-state index contributed by atoms with van der Waals surface area (Å²) in [4.78, 5) is 8.76. The Morgan fingerprint density at radius 2 is 1.93 bits per heavy atom. The third-order valence-electron chi connectivity index (χ3n) is 1.61. The Morgan fingerprint density at radius 3 is 2.33 bits per heavy atom. The predicted molar refractivity (Wildman–Crippen MR) is 50.5 cm³/mol.